The molecule has 4 aliphatic heterocycles. The Morgan fingerprint density at radius 1 is 1.04 bits per heavy atom. The van der Waals surface area contributed by atoms with Crippen molar-refractivity contribution in [1.29, 1.82) is 0 Å². The second-order valence-electron chi connectivity index (χ2n) is 16.1. The lowest BCUT2D eigenvalue weighted by atomic mass is 9.66. The summed E-state index contributed by atoms with van der Waals surface area (Å²) in [6.07, 6.45) is 14.3. The van der Waals surface area contributed by atoms with Gasteiger partial charge in [0.15, 0.2) is 0 Å². The first kappa shape index (κ1) is 33.7. The number of piperazine rings is 1. The third kappa shape index (κ3) is 6.72. The number of ether oxygens (including phenoxy) is 1. The van der Waals surface area contributed by atoms with E-state index in [0.717, 1.165) is 61.9 Å². The Hall–Kier alpha value is -2.39. The molecule has 1 spiro atoms. The summed E-state index contributed by atoms with van der Waals surface area (Å²) < 4.78 is 23.0. The van der Waals surface area contributed by atoms with Crippen LogP contribution in [-0.2, 0) is 22.8 Å². The highest BCUT2D eigenvalue weighted by Crippen LogP contribution is 2.48. The molecule has 2 aromatic rings. The summed E-state index contributed by atoms with van der Waals surface area (Å²) in [6, 6.07) is 12.9. The molecule has 9 heteroatoms. The number of nitrogens with one attached hydrogen (secondary N) is 1. The maximum atomic E-state index is 13.5. The number of benzene rings is 2. The van der Waals surface area contributed by atoms with Gasteiger partial charge < -0.3 is 9.64 Å². The van der Waals surface area contributed by atoms with E-state index in [1.807, 2.05) is 31.2 Å². The van der Waals surface area contributed by atoms with Crippen LogP contribution in [0, 0.1) is 23.7 Å². The number of nitrogens with zero attached hydrogens (tertiary/aromatic N) is 3. The Kier molecular flexibility index (Phi) is 9.62. The lowest BCUT2D eigenvalue weighted by Crippen LogP contribution is -2.56. The molecule has 6 aliphatic rings. The molecule has 7 nitrogen and oxygen atoms in total. The Balaban J connectivity index is 1.13. The topological polar surface area (TPSA) is 65.1 Å². The molecular weight excluding hydrogens is 652 g/mol. The average molecular weight is 705 g/mol. The van der Waals surface area contributed by atoms with Crippen molar-refractivity contribution in [2.24, 2.45) is 23.7 Å². The van der Waals surface area contributed by atoms with E-state index in [4.69, 9.17) is 16.3 Å². The Bertz CT molecular complexity index is 1620. The highest BCUT2D eigenvalue weighted by atomic mass is 35.5. The minimum Gasteiger partial charge on any atom is -0.490 e. The number of aryl methyl sites for hydroxylation is 1. The van der Waals surface area contributed by atoms with Crippen LogP contribution in [0.1, 0.15) is 80.3 Å². The largest absolute Gasteiger partial charge is 0.490 e. The van der Waals surface area contributed by atoms with E-state index >= 15 is 0 Å². The summed E-state index contributed by atoms with van der Waals surface area (Å²) in [5, 5.41) is 0.629. The van der Waals surface area contributed by atoms with Crippen LogP contribution in [0.4, 0.5) is 5.69 Å². The van der Waals surface area contributed by atoms with Gasteiger partial charge in [-0.25, -0.2) is 4.21 Å². The molecule has 8 unspecified atom stereocenters. The lowest BCUT2D eigenvalue weighted by Gasteiger charge is -2.48. The molecular formula is C40H53ClN4O3S. The van der Waals surface area contributed by atoms with Crippen LogP contribution < -0.4 is 14.4 Å². The second-order valence-corrected chi connectivity index (χ2v) is 18.1. The Morgan fingerprint density at radius 2 is 1.94 bits per heavy atom. The third-order valence-electron chi connectivity index (χ3n) is 13.2. The minimum absolute atomic E-state index is 0.145. The zero-order valence-electron chi connectivity index (χ0n) is 29.2. The highest BCUT2D eigenvalue weighted by molar-refractivity contribution is 7.84. The molecule has 1 amide bonds. The smallest absolute Gasteiger partial charge is 0.263 e. The van der Waals surface area contributed by atoms with Crippen molar-refractivity contribution in [3.63, 3.8) is 0 Å². The number of rotatable bonds is 2. The van der Waals surface area contributed by atoms with Crippen molar-refractivity contribution in [1.82, 2.24) is 14.5 Å². The molecule has 2 aromatic carbocycles. The minimum atomic E-state index is -1.49. The summed E-state index contributed by atoms with van der Waals surface area (Å²) in [4.78, 5) is 21.6. The predicted octanol–water partition coefficient (Wildman–Crippen LogP) is 6.61. The molecule has 0 aromatic heterocycles. The first-order chi connectivity index (χ1) is 23.8. The first-order valence-electron chi connectivity index (χ1n) is 18.9. The fourth-order valence-electron chi connectivity index (χ4n) is 9.82. The zero-order valence-corrected chi connectivity index (χ0v) is 30.8. The van der Waals surface area contributed by atoms with Crippen LogP contribution in [0.2, 0.25) is 5.02 Å². The number of anilines is 1. The molecule has 1 saturated carbocycles. The van der Waals surface area contributed by atoms with E-state index in [1.54, 1.807) is 0 Å². The van der Waals surface area contributed by atoms with Gasteiger partial charge >= 0.3 is 0 Å². The van der Waals surface area contributed by atoms with Gasteiger partial charge in [0, 0.05) is 61.3 Å². The van der Waals surface area contributed by atoms with Gasteiger partial charge in [-0.2, -0.15) is 0 Å². The van der Waals surface area contributed by atoms with Crippen LogP contribution in [0.15, 0.2) is 48.6 Å². The average Bonchev–Trinajstić information content (AvgIpc) is 3.35. The van der Waals surface area contributed by atoms with E-state index in [2.05, 4.69) is 50.6 Å². The van der Waals surface area contributed by atoms with Gasteiger partial charge in [-0.1, -0.05) is 43.2 Å². The Morgan fingerprint density at radius 3 is 2.80 bits per heavy atom. The van der Waals surface area contributed by atoms with Crippen molar-refractivity contribution in [2.75, 3.05) is 57.3 Å². The van der Waals surface area contributed by atoms with Crippen LogP contribution in [0.5, 0.6) is 5.75 Å². The van der Waals surface area contributed by atoms with E-state index in [9.17, 15) is 9.00 Å². The standard InChI is InChI=1S/C40H53ClN4O3S/c1-27-6-5-7-31(22-43-18-19-44-17-4-3-8-34(44)24-43)35-12-9-32(35)23-45-25-40(16-15-29-20-33(41)11-13-36(29)40)26-48-38-14-10-30(21-37(38)45)39(46)42-49(47)28(27)2/h5,7,10-11,13-14,20-21,27-28,31-32,34-35H,3-4,6,8-9,12,15-19,22-26H2,1-2H3,(H,42,46)/b7-5+. The summed E-state index contributed by atoms with van der Waals surface area (Å²) in [6.45, 7) is 12.5. The van der Waals surface area contributed by atoms with Crippen LogP contribution in [0.25, 0.3) is 0 Å². The number of hydrogen-bond acceptors (Lipinski definition) is 6. The highest BCUT2D eigenvalue weighted by Gasteiger charge is 2.46. The number of allylic oxidation sites excluding steroid dienone is 1. The molecule has 2 saturated heterocycles. The van der Waals surface area contributed by atoms with E-state index in [-0.39, 0.29) is 22.5 Å². The summed E-state index contributed by atoms with van der Waals surface area (Å²) in [5.74, 6) is 2.39. The zero-order chi connectivity index (χ0) is 33.7. The molecule has 8 rings (SSSR count). The number of fused-ring (bicyclic) bond motifs is 5. The third-order valence-corrected chi connectivity index (χ3v) is 14.9. The van der Waals surface area contributed by atoms with Crippen LogP contribution in [0.3, 0.4) is 0 Å². The summed E-state index contributed by atoms with van der Waals surface area (Å²) in [7, 11) is -1.49. The van der Waals surface area contributed by atoms with Gasteiger partial charge in [0.1, 0.15) is 16.7 Å². The molecule has 2 aliphatic carbocycles. The van der Waals surface area contributed by atoms with E-state index < -0.39 is 11.0 Å². The maximum absolute atomic E-state index is 13.5. The first-order valence-corrected chi connectivity index (χ1v) is 20.5. The quantitative estimate of drug-likeness (QED) is 0.355. The Labute approximate surface area is 300 Å². The number of carbonyl (C=O) groups is 1. The fourth-order valence-corrected chi connectivity index (χ4v) is 11.0. The van der Waals surface area contributed by atoms with Gasteiger partial charge in [-0.3, -0.25) is 19.3 Å². The van der Waals surface area contributed by atoms with Crippen molar-refractivity contribution in [3.05, 3.63) is 70.3 Å². The molecule has 49 heavy (non-hydrogen) atoms. The monoisotopic (exact) mass is 704 g/mol. The molecule has 1 N–H and O–H groups in total. The SMILES string of the molecule is CC1C/C=C/C(CN2CCN3CCCCC3C2)C2CCC2CN2CC3(CCc4cc(Cl)ccc43)COc3ccc(cc32)C(=O)NS(=O)C1C. The van der Waals surface area contributed by atoms with Gasteiger partial charge in [0.25, 0.3) is 5.91 Å². The number of carbonyl (C=O) groups excluding carboxylic acids is 1. The maximum Gasteiger partial charge on any atom is 0.263 e. The second kappa shape index (κ2) is 14.0. The lowest BCUT2D eigenvalue weighted by molar-refractivity contribution is 0.0282. The fraction of sp³-hybridized carbons (Fsp3) is 0.625. The summed E-state index contributed by atoms with van der Waals surface area (Å²) >= 11 is 6.46. The number of amides is 1. The van der Waals surface area contributed by atoms with Crippen LogP contribution >= 0.6 is 11.6 Å². The van der Waals surface area contributed by atoms with Crippen molar-refractivity contribution in [2.45, 2.75) is 81.9 Å². The summed E-state index contributed by atoms with van der Waals surface area (Å²) in [5.41, 5.74) is 4.05. The van der Waals surface area contributed by atoms with Crippen molar-refractivity contribution < 1.29 is 13.7 Å². The van der Waals surface area contributed by atoms with Crippen LogP contribution in [-0.4, -0.2) is 83.6 Å². The van der Waals surface area contributed by atoms with E-state index in [1.165, 1.54) is 62.9 Å². The normalized spacial score (nSPS) is 36.0. The van der Waals surface area contributed by atoms with Gasteiger partial charge in [-0.15, -0.1) is 0 Å². The molecule has 4 heterocycles. The predicted molar refractivity (Wildman–Crippen MR) is 199 cm³/mol. The molecule has 2 bridgehead atoms. The molecule has 0 radical (unpaired) electrons. The van der Waals surface area contributed by atoms with Gasteiger partial charge in [0.05, 0.1) is 17.5 Å². The van der Waals surface area contributed by atoms with Crippen molar-refractivity contribution >= 4 is 34.2 Å². The van der Waals surface area contributed by atoms with Crippen molar-refractivity contribution in [3.8, 4) is 5.75 Å². The molecule has 3 fully saturated rings. The van der Waals surface area contributed by atoms with Gasteiger partial charge in [-0.05, 0) is 124 Å². The molecule has 264 valence electrons. The van der Waals surface area contributed by atoms with E-state index in [0.29, 0.717) is 36.0 Å². The number of hydrogen-bond donors (Lipinski definition) is 1. The molecule has 8 atom stereocenters. The number of halogens is 1. The van der Waals surface area contributed by atoms with Gasteiger partial charge in [0.2, 0.25) is 0 Å². The number of piperidine rings is 1.